The molecule has 0 aliphatic heterocycles. The number of ether oxygens (including phenoxy) is 1. The number of carbonyl (C=O) groups is 1. The van der Waals surface area contributed by atoms with Crippen LogP contribution in [-0.4, -0.2) is 12.0 Å². The SMILES string of the molecule is C=CC(=O)Oc1ccc(-c2ccc(N(c3ccccc3)C3C=Cc4ccc5cccc6c5c4C3=CC6)cc2)cc1. The van der Waals surface area contributed by atoms with Gasteiger partial charge in [0.1, 0.15) is 5.75 Å². The Morgan fingerprint density at radius 1 is 0.800 bits per heavy atom. The Balaban J connectivity index is 1.27. The van der Waals surface area contributed by atoms with Crippen LogP contribution in [0.15, 0.2) is 134 Å². The number of benzene rings is 5. The molecule has 0 amide bonds. The summed E-state index contributed by atoms with van der Waals surface area (Å²) in [4.78, 5) is 13.9. The van der Waals surface area contributed by atoms with Gasteiger partial charge in [-0.25, -0.2) is 4.79 Å². The van der Waals surface area contributed by atoms with Crippen molar-refractivity contribution in [3.8, 4) is 16.9 Å². The molecule has 3 nitrogen and oxygen atoms in total. The topological polar surface area (TPSA) is 29.5 Å². The van der Waals surface area contributed by atoms with E-state index in [9.17, 15) is 4.79 Å². The number of hydrogen-bond donors (Lipinski definition) is 0. The van der Waals surface area contributed by atoms with Gasteiger partial charge in [0.15, 0.2) is 0 Å². The van der Waals surface area contributed by atoms with Crippen LogP contribution in [0.2, 0.25) is 0 Å². The summed E-state index contributed by atoms with van der Waals surface area (Å²) >= 11 is 0. The number of rotatable bonds is 6. The number of para-hydroxylation sites is 1. The average Bonchev–Trinajstić information content (AvgIpc) is 3.02. The summed E-state index contributed by atoms with van der Waals surface area (Å²) in [7, 11) is 0. The van der Waals surface area contributed by atoms with Crippen molar-refractivity contribution in [2.75, 3.05) is 4.90 Å². The van der Waals surface area contributed by atoms with Gasteiger partial charge in [0.05, 0.1) is 6.04 Å². The van der Waals surface area contributed by atoms with Gasteiger partial charge in [-0.1, -0.05) is 97.6 Å². The minimum absolute atomic E-state index is 0.0681. The lowest BCUT2D eigenvalue weighted by molar-refractivity contribution is -0.128. The molecule has 0 aromatic heterocycles. The zero-order chi connectivity index (χ0) is 27.1. The Morgan fingerprint density at radius 3 is 2.27 bits per heavy atom. The zero-order valence-electron chi connectivity index (χ0n) is 22.0. The van der Waals surface area contributed by atoms with E-state index in [0.29, 0.717) is 5.75 Å². The fourth-order valence-corrected chi connectivity index (χ4v) is 5.95. The maximum atomic E-state index is 11.5. The summed E-state index contributed by atoms with van der Waals surface area (Å²) in [6.45, 7) is 3.45. The molecule has 0 saturated heterocycles. The van der Waals surface area contributed by atoms with Gasteiger partial charge in [-0.3, -0.25) is 0 Å². The van der Waals surface area contributed by atoms with Gasteiger partial charge < -0.3 is 9.64 Å². The van der Waals surface area contributed by atoms with Crippen LogP contribution >= 0.6 is 0 Å². The van der Waals surface area contributed by atoms with E-state index in [1.165, 1.54) is 33.0 Å². The van der Waals surface area contributed by atoms with Crippen molar-refractivity contribution < 1.29 is 9.53 Å². The second kappa shape index (κ2) is 9.87. The smallest absolute Gasteiger partial charge is 0.335 e. The number of hydrogen-bond acceptors (Lipinski definition) is 3. The van der Waals surface area contributed by atoms with Crippen molar-refractivity contribution in [2.45, 2.75) is 12.5 Å². The number of esters is 1. The lowest BCUT2D eigenvalue weighted by atomic mass is 9.79. The van der Waals surface area contributed by atoms with Gasteiger partial charge in [0.25, 0.3) is 0 Å². The first-order valence-corrected chi connectivity index (χ1v) is 13.5. The largest absolute Gasteiger partial charge is 0.423 e. The van der Waals surface area contributed by atoms with Crippen LogP contribution < -0.4 is 9.64 Å². The van der Waals surface area contributed by atoms with Gasteiger partial charge in [-0.2, -0.15) is 0 Å². The first-order valence-electron chi connectivity index (χ1n) is 13.5. The molecule has 0 radical (unpaired) electrons. The molecule has 5 aromatic rings. The lowest BCUT2D eigenvalue weighted by Crippen LogP contribution is -2.33. The Labute approximate surface area is 234 Å². The summed E-state index contributed by atoms with van der Waals surface area (Å²) in [5, 5.41) is 2.69. The standard InChI is InChI=1S/C37H27NO2/c1-2-35(39)40-32-21-15-26(16-22-32)25-13-19-31(20-14-25)38(30-9-4-3-5-10-30)34-24-18-29-12-11-27-7-6-8-28-17-23-33(34)37(29)36(27)28/h2-16,18-24,34H,1,17H2. The van der Waals surface area contributed by atoms with E-state index in [0.717, 1.165) is 35.0 Å². The molecule has 0 spiro atoms. The highest BCUT2D eigenvalue weighted by molar-refractivity contribution is 6.05. The predicted octanol–water partition coefficient (Wildman–Crippen LogP) is 8.77. The highest BCUT2D eigenvalue weighted by Gasteiger charge is 2.30. The van der Waals surface area contributed by atoms with Crippen molar-refractivity contribution >= 4 is 39.8 Å². The van der Waals surface area contributed by atoms with E-state index < -0.39 is 5.97 Å². The van der Waals surface area contributed by atoms with Gasteiger partial charge >= 0.3 is 5.97 Å². The Hall–Kier alpha value is -5.15. The molecule has 0 saturated carbocycles. The van der Waals surface area contributed by atoms with Crippen LogP contribution in [0.5, 0.6) is 5.75 Å². The molecule has 2 aliphatic rings. The molecular weight excluding hydrogens is 490 g/mol. The van der Waals surface area contributed by atoms with Gasteiger partial charge in [-0.15, -0.1) is 0 Å². The third-order valence-electron chi connectivity index (χ3n) is 7.80. The molecule has 0 N–H and O–H groups in total. The monoisotopic (exact) mass is 517 g/mol. The Morgan fingerprint density at radius 2 is 1.52 bits per heavy atom. The molecule has 2 aliphatic carbocycles. The van der Waals surface area contributed by atoms with Crippen LogP contribution in [0.4, 0.5) is 11.4 Å². The van der Waals surface area contributed by atoms with Crippen LogP contribution in [-0.2, 0) is 11.2 Å². The minimum Gasteiger partial charge on any atom is -0.423 e. The molecule has 40 heavy (non-hydrogen) atoms. The maximum absolute atomic E-state index is 11.5. The van der Waals surface area contributed by atoms with Gasteiger partial charge in [0.2, 0.25) is 0 Å². The summed E-state index contributed by atoms with van der Waals surface area (Å²) in [5.41, 5.74) is 9.82. The summed E-state index contributed by atoms with van der Waals surface area (Å²) in [6.07, 6.45) is 9.13. The zero-order valence-corrected chi connectivity index (χ0v) is 22.0. The van der Waals surface area contributed by atoms with E-state index in [4.69, 9.17) is 4.74 Å². The first kappa shape index (κ1) is 23.9. The molecule has 192 valence electrons. The second-order valence-electron chi connectivity index (χ2n) is 10.1. The summed E-state index contributed by atoms with van der Waals surface area (Å²) < 4.78 is 5.22. The highest BCUT2D eigenvalue weighted by Crippen LogP contribution is 2.44. The van der Waals surface area contributed by atoms with Crippen LogP contribution in [0, 0.1) is 0 Å². The molecule has 0 heterocycles. The van der Waals surface area contributed by atoms with E-state index in [1.54, 1.807) is 12.1 Å². The number of anilines is 2. The maximum Gasteiger partial charge on any atom is 0.335 e. The highest BCUT2D eigenvalue weighted by atomic mass is 16.5. The number of carbonyl (C=O) groups excluding carboxylic acids is 1. The third-order valence-corrected chi connectivity index (χ3v) is 7.80. The third kappa shape index (κ3) is 4.13. The minimum atomic E-state index is -0.463. The van der Waals surface area contributed by atoms with E-state index in [1.807, 2.05) is 12.1 Å². The predicted molar refractivity (Wildman–Crippen MR) is 165 cm³/mol. The van der Waals surface area contributed by atoms with E-state index in [2.05, 4.69) is 115 Å². The molecule has 0 bridgehead atoms. The first-order chi connectivity index (χ1) is 19.7. The van der Waals surface area contributed by atoms with E-state index in [-0.39, 0.29) is 6.04 Å². The van der Waals surface area contributed by atoms with Gasteiger partial charge in [0, 0.05) is 17.5 Å². The summed E-state index contributed by atoms with van der Waals surface area (Å²) in [5.74, 6) is 0.0381. The van der Waals surface area contributed by atoms with Crippen molar-refractivity contribution in [1.29, 1.82) is 0 Å². The second-order valence-corrected chi connectivity index (χ2v) is 10.1. The normalized spacial score (nSPS) is 14.9. The van der Waals surface area contributed by atoms with Crippen LogP contribution in [0.3, 0.4) is 0 Å². The average molecular weight is 518 g/mol. The number of allylic oxidation sites excluding steroid dienone is 1. The van der Waals surface area contributed by atoms with Crippen molar-refractivity contribution in [1.82, 2.24) is 0 Å². The Bertz CT molecular complexity index is 1810. The Kier molecular flexibility index (Phi) is 5.90. The molecule has 1 unspecified atom stereocenters. The number of nitrogens with zero attached hydrogens (tertiary/aromatic N) is 1. The quantitative estimate of drug-likeness (QED) is 0.128. The molecule has 7 rings (SSSR count). The molecule has 5 aromatic carbocycles. The van der Waals surface area contributed by atoms with Crippen molar-refractivity contribution in [3.05, 3.63) is 151 Å². The molecule has 1 atom stereocenters. The van der Waals surface area contributed by atoms with Crippen LogP contribution in [0.25, 0.3) is 33.5 Å². The van der Waals surface area contributed by atoms with E-state index >= 15 is 0 Å². The molecule has 3 heteroatoms. The molecular formula is C37H27NO2. The molecule has 0 fully saturated rings. The lowest BCUT2D eigenvalue weighted by Gasteiger charge is -2.38. The fourth-order valence-electron chi connectivity index (χ4n) is 5.95. The fraction of sp³-hybridized carbons (Fsp3) is 0.0541. The van der Waals surface area contributed by atoms with Crippen molar-refractivity contribution in [3.63, 3.8) is 0 Å². The van der Waals surface area contributed by atoms with Gasteiger partial charge in [-0.05, 0) is 87.0 Å². The summed E-state index contributed by atoms with van der Waals surface area (Å²) in [6, 6.07) is 38.0. The van der Waals surface area contributed by atoms with Crippen LogP contribution in [0.1, 0.15) is 16.7 Å². The van der Waals surface area contributed by atoms with Crippen molar-refractivity contribution in [2.24, 2.45) is 0 Å².